The van der Waals surface area contributed by atoms with Gasteiger partial charge < -0.3 is 41.7 Å². The van der Waals surface area contributed by atoms with E-state index in [-0.39, 0.29) is 98.1 Å². The van der Waals surface area contributed by atoms with Gasteiger partial charge in [0.2, 0.25) is 5.78 Å². The summed E-state index contributed by atoms with van der Waals surface area (Å²) < 4.78 is 97.1. The molecule has 3 aromatic heterocycles. The van der Waals surface area contributed by atoms with E-state index in [1.54, 1.807) is 86.7 Å². The Morgan fingerprint density at radius 3 is 1.21 bits per heavy atom. The van der Waals surface area contributed by atoms with Crippen molar-refractivity contribution in [3.8, 4) is 11.8 Å². The van der Waals surface area contributed by atoms with E-state index in [4.69, 9.17) is 41.7 Å². The fourth-order valence-electron chi connectivity index (χ4n) is 12.1. The molecule has 0 radical (unpaired) electrons. The second kappa shape index (κ2) is 40.2. The van der Waals surface area contributed by atoms with Gasteiger partial charge in [-0.1, -0.05) is 94.9 Å². The molecule has 3 amide bonds. The number of halogens is 4. The smallest absolute Gasteiger partial charge is 0.444 e. The van der Waals surface area contributed by atoms with Crippen LogP contribution in [-0.4, -0.2) is 147 Å². The number of Topliss-reactive ketones (excluding diaryl/α,β-unsaturated/α-hetero) is 1. The number of alkyl halides is 3. The molecular formula is C83H123F3IN11O20Si3. The summed E-state index contributed by atoms with van der Waals surface area (Å²) in [6.07, 6.45) is -2.88. The molecule has 1 N–H and O–H groups in total. The first-order chi connectivity index (χ1) is 55.4. The normalized spacial score (nSPS) is 19.9. The van der Waals surface area contributed by atoms with Crippen molar-refractivity contribution < 1.29 is 83.9 Å². The zero-order valence-electron chi connectivity index (χ0n) is 74.8. The van der Waals surface area contributed by atoms with Gasteiger partial charge in [0, 0.05) is 83.1 Å². The highest BCUT2D eigenvalue weighted by atomic mass is 127. The Hall–Kier alpha value is -8.15. The van der Waals surface area contributed by atoms with Crippen LogP contribution in [0.2, 0.25) is 54.4 Å². The summed E-state index contributed by atoms with van der Waals surface area (Å²) in [6.45, 7) is 53.5. The van der Waals surface area contributed by atoms with Crippen molar-refractivity contribution in [2.45, 2.75) is 343 Å². The number of ketones is 1. The van der Waals surface area contributed by atoms with E-state index in [0.717, 1.165) is 28.7 Å². The molecule has 670 valence electrons. The van der Waals surface area contributed by atoms with Gasteiger partial charge in [-0.3, -0.25) is 53.8 Å². The first-order valence-electron chi connectivity index (χ1n) is 40.5. The Morgan fingerprint density at radius 2 is 0.884 bits per heavy atom. The highest BCUT2D eigenvalue weighted by Gasteiger charge is 2.49. The minimum atomic E-state index is -4.96. The molecule has 5 aromatic rings. The minimum Gasteiger partial charge on any atom is -0.444 e. The number of hydrogen-bond donors (Lipinski definition) is 1. The Kier molecular flexibility index (Phi) is 33.8. The molecule has 0 saturated carbocycles. The van der Waals surface area contributed by atoms with E-state index in [1.807, 2.05) is 36.4 Å². The van der Waals surface area contributed by atoms with Crippen molar-refractivity contribution in [3.05, 3.63) is 145 Å². The Bertz CT molecular complexity index is 4760. The number of hydrogen-bond acceptors (Lipinski definition) is 23. The van der Waals surface area contributed by atoms with Gasteiger partial charge in [0.05, 0.1) is 59.6 Å². The van der Waals surface area contributed by atoms with Gasteiger partial charge in [-0.2, -0.15) is 28.1 Å². The highest BCUT2D eigenvalue weighted by Crippen LogP contribution is 2.45. The number of amides is 3. The van der Waals surface area contributed by atoms with Crippen molar-refractivity contribution in [3.63, 3.8) is 0 Å². The number of aromatic nitrogens is 6. The molecule has 0 bridgehead atoms. The van der Waals surface area contributed by atoms with Crippen LogP contribution in [0.15, 0.2) is 87.6 Å². The molecule has 3 unspecified atom stereocenters. The fourth-order valence-corrected chi connectivity index (χ4v) is 16.7. The third kappa shape index (κ3) is 28.7. The van der Waals surface area contributed by atoms with Crippen LogP contribution in [0.1, 0.15) is 232 Å². The SMILES string of the molecule is CC[C@H]1O[C@@H](n2ccc(N(Cc3ccc(C#CCCC(=O)C(F)(F)F)cc3[N+](=O)[O-])C(=O)OC(C)(C)C)nc2=O)CC1O[Si](C)(C)C(C)(C)C.CC[C@H]1O[C@@H](n2ccc(N(Cc3ccc(I)cc3[N+](=O)[O-])C(=O)OC(C)(C)C)nc2=O)CC1O[Si](C)(C)C(C)(C)C.CC[C@H]1O[C@@H](n2ccc(NC(=O)OC(C)(C)C)nc2=O)CC1O[Si](C)(C)C(C)(C)C. The highest BCUT2D eigenvalue weighted by molar-refractivity contribution is 14.1. The number of ether oxygens (including phenoxy) is 6. The lowest BCUT2D eigenvalue weighted by Crippen LogP contribution is -2.45. The standard InChI is InChI=1S/C34H45F3N4O8Si.C28H41IN4O7Si.C21H37N3O5Si/c1-10-25-26(49-50(8,9)33(5,6)7)20-29(47-25)39-18-17-28(38-30(39)43)40(31(44)48-32(2,3)4)21-23-16-15-22(19-24(23)41(45)46)13-11-12-14-27(42)34(35,36)37;1-10-21-22(40-41(8,9)28(5,6)7)16-24(38-21)31-14-13-23(30-25(31)34)32(26(35)39-27(2,3)4)17-18-11-12-19(29)15-20(18)33(36)37;1-10-14-15(29-30(8,9)21(5,6)7)13-17(27-14)24-12-11-16(22-18(24)25)23-19(26)28-20(2,3)4/h15-19,25-26,29H,10,12,14,20-21H2,1-9H3;11-15,21-22,24H,10,16-17H2,1-9H3;11-12,14-15,17H,10,13H2,1-9H3,(H,22,23,25,26)/t25-,26?,29-;21-,22?,24-;14-,15?,17-/m111/s1. The van der Waals surface area contributed by atoms with Gasteiger partial charge >= 0.3 is 41.5 Å². The number of carbonyl (C=O) groups is 4. The lowest BCUT2D eigenvalue weighted by molar-refractivity contribution is -0.385. The van der Waals surface area contributed by atoms with Gasteiger partial charge in [0.15, 0.2) is 25.0 Å². The van der Waals surface area contributed by atoms with Crippen molar-refractivity contribution in [1.29, 1.82) is 0 Å². The lowest BCUT2D eigenvalue weighted by Gasteiger charge is -2.39. The number of carbonyl (C=O) groups excluding carboxylic acids is 4. The quantitative estimate of drug-likeness (QED) is 0.0158. The molecule has 31 nitrogen and oxygen atoms in total. The average molecular weight is 1860 g/mol. The Labute approximate surface area is 723 Å². The van der Waals surface area contributed by atoms with Gasteiger partial charge in [-0.25, -0.2) is 28.8 Å². The molecule has 3 aliphatic heterocycles. The molecule has 2 aromatic carbocycles. The van der Waals surface area contributed by atoms with E-state index in [9.17, 15) is 67.0 Å². The molecule has 3 saturated heterocycles. The predicted molar refractivity (Wildman–Crippen MR) is 469 cm³/mol. The molecule has 38 heteroatoms. The summed E-state index contributed by atoms with van der Waals surface area (Å²) in [5.41, 5.74) is -4.40. The first-order valence-corrected chi connectivity index (χ1v) is 50.3. The van der Waals surface area contributed by atoms with Crippen LogP contribution in [0, 0.1) is 35.6 Å². The summed E-state index contributed by atoms with van der Waals surface area (Å²) in [5, 5.41) is 26.4. The molecule has 3 aliphatic rings. The van der Waals surface area contributed by atoms with Crippen LogP contribution >= 0.6 is 22.6 Å². The van der Waals surface area contributed by atoms with Crippen LogP contribution in [0.3, 0.4) is 0 Å². The number of anilines is 3. The van der Waals surface area contributed by atoms with Crippen LogP contribution in [0.5, 0.6) is 0 Å². The number of nitrogens with zero attached hydrogens (tertiary/aromatic N) is 10. The largest absolute Gasteiger partial charge is 0.450 e. The molecular weight excluding hydrogens is 1740 g/mol. The van der Waals surface area contributed by atoms with E-state index in [0.29, 0.717) is 29.3 Å². The van der Waals surface area contributed by atoms with Crippen LogP contribution in [0.4, 0.5) is 56.4 Å². The molecule has 121 heavy (non-hydrogen) atoms. The van der Waals surface area contributed by atoms with Gasteiger partial charge in [0.1, 0.15) is 52.9 Å². The topological polar surface area (TPSA) is 361 Å². The number of nitro benzene ring substituents is 2. The second-order valence-electron chi connectivity index (χ2n) is 37.6. The maximum absolute atomic E-state index is 13.4. The number of benzene rings is 2. The third-order valence-corrected chi connectivity index (χ3v) is 35.7. The maximum atomic E-state index is 13.4. The van der Waals surface area contributed by atoms with E-state index < -0.39 is 143 Å². The van der Waals surface area contributed by atoms with E-state index >= 15 is 0 Å². The summed E-state index contributed by atoms with van der Waals surface area (Å²) in [4.78, 5) is 126. The van der Waals surface area contributed by atoms with Gasteiger partial charge in [0.25, 0.3) is 11.4 Å². The van der Waals surface area contributed by atoms with Gasteiger partial charge in [-0.15, -0.1) is 0 Å². The Morgan fingerprint density at radius 1 is 0.537 bits per heavy atom. The summed E-state index contributed by atoms with van der Waals surface area (Å²) in [5.74, 6) is 3.08. The second-order valence-corrected chi connectivity index (χ2v) is 53.2. The molecule has 9 atom stereocenters. The van der Waals surface area contributed by atoms with Crippen molar-refractivity contribution in [1.82, 2.24) is 28.7 Å². The summed E-state index contributed by atoms with van der Waals surface area (Å²) in [7, 11) is -6.18. The van der Waals surface area contributed by atoms with Crippen molar-refractivity contribution in [2.75, 3.05) is 15.1 Å². The molecule has 0 aliphatic carbocycles. The Balaban J connectivity index is 0.000000290. The molecule has 8 rings (SSSR count). The summed E-state index contributed by atoms with van der Waals surface area (Å²) >= 11 is 1.99. The predicted octanol–water partition coefficient (Wildman–Crippen LogP) is 18.9. The summed E-state index contributed by atoms with van der Waals surface area (Å²) in [6, 6.07) is 13.1. The fraction of sp³-hybridized carbons (Fsp3) is 0.639. The number of rotatable bonds is 23. The zero-order chi connectivity index (χ0) is 91.6. The average Bonchev–Trinajstić information content (AvgIpc) is 1.39. The molecule has 6 heterocycles. The number of nitrogens with one attached hydrogen (secondary N) is 1. The number of nitro groups is 2. The first kappa shape index (κ1) is 102. The van der Waals surface area contributed by atoms with Crippen LogP contribution < -0.4 is 32.2 Å². The maximum Gasteiger partial charge on any atom is 0.450 e. The van der Waals surface area contributed by atoms with E-state index in [2.05, 4.69) is 141 Å². The van der Waals surface area contributed by atoms with Crippen molar-refractivity contribution in [2.24, 2.45) is 0 Å². The monoisotopic (exact) mass is 1860 g/mol. The van der Waals surface area contributed by atoms with Gasteiger partial charge in [-0.05, 0) is 201 Å². The minimum absolute atomic E-state index is 0.0208. The van der Waals surface area contributed by atoms with Crippen LogP contribution in [0.25, 0.3) is 0 Å². The van der Waals surface area contributed by atoms with Crippen LogP contribution in [-0.2, 0) is 59.6 Å². The third-order valence-electron chi connectivity index (χ3n) is 21.5. The molecule has 3 fully saturated rings. The van der Waals surface area contributed by atoms with Crippen molar-refractivity contribution >= 4 is 100 Å². The lowest BCUT2D eigenvalue weighted by atomic mass is 10.1. The van der Waals surface area contributed by atoms with E-state index in [1.165, 1.54) is 56.4 Å². The molecule has 0 spiro atoms. The zero-order valence-corrected chi connectivity index (χ0v) is 80.0.